The topological polar surface area (TPSA) is 84.8 Å². The molecule has 0 radical (unpaired) electrons. The Morgan fingerprint density at radius 1 is 1.08 bits per heavy atom. The second kappa shape index (κ2) is 6.23. The number of nitrogens with one attached hydrogen (secondary N) is 1. The highest BCUT2D eigenvalue weighted by Crippen LogP contribution is 2.32. The third kappa shape index (κ3) is 2.51. The zero-order valence-electron chi connectivity index (χ0n) is 14.0. The molecule has 5 rings (SSSR count). The van der Waals surface area contributed by atoms with E-state index in [4.69, 9.17) is 9.72 Å². The minimum atomic E-state index is 0.712. The van der Waals surface area contributed by atoms with Crippen LogP contribution in [0.15, 0.2) is 49.2 Å². The van der Waals surface area contributed by atoms with Crippen molar-refractivity contribution in [2.45, 2.75) is 0 Å². The number of ether oxygens (including phenoxy) is 1. The fraction of sp³-hybridized carbons (Fsp3) is 0.222. The lowest BCUT2D eigenvalue weighted by Gasteiger charge is -2.28. The van der Waals surface area contributed by atoms with Crippen LogP contribution in [0.25, 0.3) is 28.1 Å². The summed E-state index contributed by atoms with van der Waals surface area (Å²) in [4.78, 5) is 15.7. The van der Waals surface area contributed by atoms with Gasteiger partial charge in [-0.2, -0.15) is 5.10 Å². The van der Waals surface area contributed by atoms with Crippen LogP contribution in [0, 0.1) is 0 Å². The van der Waals surface area contributed by atoms with Crippen molar-refractivity contribution in [2.75, 3.05) is 31.2 Å². The van der Waals surface area contributed by atoms with Gasteiger partial charge in [0.1, 0.15) is 23.6 Å². The Hall–Kier alpha value is -3.26. The summed E-state index contributed by atoms with van der Waals surface area (Å²) in [6.07, 6.45) is 7.06. The average molecular weight is 347 g/mol. The van der Waals surface area contributed by atoms with Crippen molar-refractivity contribution in [3.8, 4) is 17.1 Å². The number of aromatic amines is 1. The highest BCUT2D eigenvalue weighted by Gasteiger charge is 2.18. The molecule has 1 saturated heterocycles. The molecule has 5 heterocycles. The lowest BCUT2D eigenvalue weighted by Crippen LogP contribution is -2.36. The van der Waals surface area contributed by atoms with Crippen molar-refractivity contribution >= 4 is 16.9 Å². The first-order valence-electron chi connectivity index (χ1n) is 8.51. The van der Waals surface area contributed by atoms with Crippen LogP contribution < -0.4 is 4.90 Å². The maximum atomic E-state index is 5.48. The summed E-state index contributed by atoms with van der Waals surface area (Å²) in [5.74, 6) is 1.80. The van der Waals surface area contributed by atoms with E-state index in [9.17, 15) is 0 Å². The van der Waals surface area contributed by atoms with Crippen LogP contribution in [-0.4, -0.2) is 56.0 Å². The molecule has 130 valence electrons. The fourth-order valence-electron chi connectivity index (χ4n) is 3.29. The lowest BCUT2D eigenvalue weighted by molar-refractivity contribution is 0.122. The van der Waals surface area contributed by atoms with Crippen molar-refractivity contribution in [3.63, 3.8) is 0 Å². The molecular weight excluding hydrogens is 330 g/mol. The van der Waals surface area contributed by atoms with Crippen molar-refractivity contribution < 1.29 is 4.74 Å². The number of pyridine rings is 1. The van der Waals surface area contributed by atoms with Gasteiger partial charge < -0.3 is 9.64 Å². The van der Waals surface area contributed by atoms with E-state index in [2.05, 4.69) is 37.2 Å². The van der Waals surface area contributed by atoms with Gasteiger partial charge in [-0.15, -0.1) is 0 Å². The summed E-state index contributed by atoms with van der Waals surface area (Å²) >= 11 is 0. The molecule has 8 nitrogen and oxygen atoms in total. The largest absolute Gasteiger partial charge is 0.378 e. The van der Waals surface area contributed by atoms with Gasteiger partial charge in [0.25, 0.3) is 0 Å². The zero-order valence-corrected chi connectivity index (χ0v) is 14.0. The van der Waals surface area contributed by atoms with E-state index in [0.717, 1.165) is 47.0 Å². The van der Waals surface area contributed by atoms with Gasteiger partial charge in [-0.1, -0.05) is 0 Å². The van der Waals surface area contributed by atoms with Crippen LogP contribution in [-0.2, 0) is 4.74 Å². The Morgan fingerprint density at radius 2 is 2.00 bits per heavy atom. The first-order valence-corrected chi connectivity index (χ1v) is 8.51. The summed E-state index contributed by atoms with van der Waals surface area (Å²) in [6.45, 7) is 3.08. The van der Waals surface area contributed by atoms with Crippen LogP contribution in [0.3, 0.4) is 0 Å². The van der Waals surface area contributed by atoms with Gasteiger partial charge in [0.05, 0.1) is 25.1 Å². The highest BCUT2D eigenvalue weighted by molar-refractivity contribution is 5.94. The summed E-state index contributed by atoms with van der Waals surface area (Å²) in [7, 11) is 0. The van der Waals surface area contributed by atoms with Gasteiger partial charge >= 0.3 is 0 Å². The lowest BCUT2D eigenvalue weighted by atomic mass is 10.1. The Labute approximate surface area is 149 Å². The molecule has 0 saturated carbocycles. The molecule has 8 heteroatoms. The molecule has 4 aromatic heterocycles. The van der Waals surface area contributed by atoms with Crippen LogP contribution in [0.4, 0.5) is 5.82 Å². The summed E-state index contributed by atoms with van der Waals surface area (Å²) in [6, 6.07) is 8.01. The standard InChI is InChI=1S/C18H17N7O/c1-4-19-12-20-15(1)14-11-17(24-7-9-26-10-8-24)22-18-13(14)3-6-25(18)16-2-5-21-23-16/h1-6,11-12H,7-10H2,(H,21,23). The van der Waals surface area contributed by atoms with Gasteiger partial charge in [-0.25, -0.2) is 15.0 Å². The molecule has 1 aliphatic heterocycles. The SMILES string of the molecule is c1cc(-c2cc(N3CCOCC3)nc3c2ccn3-c2ccn[nH]2)ncn1. The molecule has 0 unspecified atom stereocenters. The maximum absolute atomic E-state index is 5.48. The number of nitrogens with zero attached hydrogens (tertiary/aromatic N) is 6. The number of hydrogen-bond acceptors (Lipinski definition) is 6. The molecule has 1 aliphatic rings. The van der Waals surface area contributed by atoms with Crippen LogP contribution in [0.2, 0.25) is 0 Å². The molecule has 0 spiro atoms. The van der Waals surface area contributed by atoms with E-state index in [1.54, 1.807) is 18.7 Å². The number of morpholine rings is 1. The molecule has 0 atom stereocenters. The Kier molecular flexibility index (Phi) is 3.60. The van der Waals surface area contributed by atoms with Crippen LogP contribution >= 0.6 is 0 Å². The molecule has 26 heavy (non-hydrogen) atoms. The van der Waals surface area contributed by atoms with Gasteiger partial charge in [-0.05, 0) is 18.2 Å². The molecule has 0 aliphatic carbocycles. The van der Waals surface area contributed by atoms with E-state index in [1.165, 1.54) is 0 Å². The monoisotopic (exact) mass is 347 g/mol. The number of H-pyrrole nitrogens is 1. The van der Waals surface area contributed by atoms with Crippen molar-refractivity contribution in [2.24, 2.45) is 0 Å². The van der Waals surface area contributed by atoms with Crippen molar-refractivity contribution in [3.05, 3.63) is 49.2 Å². The number of fused-ring (bicyclic) bond motifs is 1. The normalized spacial score (nSPS) is 14.8. The molecule has 0 bridgehead atoms. The highest BCUT2D eigenvalue weighted by atomic mass is 16.5. The quantitative estimate of drug-likeness (QED) is 0.610. The first-order chi connectivity index (χ1) is 12.9. The number of anilines is 1. The van der Waals surface area contributed by atoms with E-state index in [1.807, 2.05) is 22.9 Å². The van der Waals surface area contributed by atoms with E-state index < -0.39 is 0 Å². The second-order valence-electron chi connectivity index (χ2n) is 6.09. The third-order valence-corrected chi connectivity index (χ3v) is 4.58. The van der Waals surface area contributed by atoms with Gasteiger partial charge in [0, 0.05) is 42.5 Å². The molecule has 1 fully saturated rings. The van der Waals surface area contributed by atoms with E-state index >= 15 is 0 Å². The van der Waals surface area contributed by atoms with Crippen molar-refractivity contribution in [1.82, 2.24) is 29.7 Å². The predicted molar refractivity (Wildman–Crippen MR) is 97.3 cm³/mol. The van der Waals surface area contributed by atoms with Gasteiger partial charge in [-0.3, -0.25) is 9.67 Å². The Balaban J connectivity index is 1.74. The fourth-order valence-corrected chi connectivity index (χ4v) is 3.29. The minimum Gasteiger partial charge on any atom is -0.378 e. The number of hydrogen-bond donors (Lipinski definition) is 1. The number of rotatable bonds is 3. The Morgan fingerprint density at radius 3 is 2.77 bits per heavy atom. The minimum absolute atomic E-state index is 0.712. The summed E-state index contributed by atoms with van der Waals surface area (Å²) in [5.41, 5.74) is 2.79. The zero-order chi connectivity index (χ0) is 17.3. The molecule has 0 amide bonds. The smallest absolute Gasteiger partial charge is 0.148 e. The third-order valence-electron chi connectivity index (χ3n) is 4.58. The van der Waals surface area contributed by atoms with Gasteiger partial charge in [0.15, 0.2) is 0 Å². The van der Waals surface area contributed by atoms with E-state index in [-0.39, 0.29) is 0 Å². The first kappa shape index (κ1) is 15.0. The maximum Gasteiger partial charge on any atom is 0.148 e. The number of aromatic nitrogens is 6. The molecule has 0 aromatic carbocycles. The molecule has 4 aromatic rings. The summed E-state index contributed by atoms with van der Waals surface area (Å²) in [5, 5.41) is 8.10. The molecular formula is C18H17N7O. The van der Waals surface area contributed by atoms with Gasteiger partial charge in [0.2, 0.25) is 0 Å². The van der Waals surface area contributed by atoms with Crippen LogP contribution in [0.5, 0.6) is 0 Å². The Bertz CT molecular complexity index is 1020. The average Bonchev–Trinajstić information content (AvgIpc) is 3.38. The molecule has 1 N–H and O–H groups in total. The van der Waals surface area contributed by atoms with Crippen LogP contribution in [0.1, 0.15) is 0 Å². The van der Waals surface area contributed by atoms with Crippen molar-refractivity contribution in [1.29, 1.82) is 0 Å². The predicted octanol–water partition coefficient (Wildman–Crippen LogP) is 2.04. The van der Waals surface area contributed by atoms with E-state index in [0.29, 0.717) is 13.2 Å². The summed E-state index contributed by atoms with van der Waals surface area (Å²) < 4.78 is 7.49. The second-order valence-corrected chi connectivity index (χ2v) is 6.09.